The van der Waals surface area contributed by atoms with Gasteiger partial charge in [0.25, 0.3) is 0 Å². The predicted octanol–water partition coefficient (Wildman–Crippen LogP) is 8.34. The highest BCUT2D eigenvalue weighted by Crippen LogP contribution is 2.36. The van der Waals surface area contributed by atoms with Crippen molar-refractivity contribution in [2.24, 2.45) is 0 Å². The minimum atomic E-state index is -4.40. The van der Waals surface area contributed by atoms with Gasteiger partial charge in [0.05, 0.1) is 11.3 Å². The smallest absolute Gasteiger partial charge is 0.416 e. The molecule has 2 heterocycles. The molecular formula is C32H31ClF3N3O3S2. The quantitative estimate of drug-likeness (QED) is 0.171. The SMILES string of the molecule is CC(C)(Oc1ccc(SCc2sc(-c3ccc(C(F)(F)F)cc3)nc2CN2CCN(c3ccc(Cl)cc3)CC2)cc1)C(=O)O. The Morgan fingerprint density at radius 2 is 1.61 bits per heavy atom. The van der Waals surface area contributed by atoms with E-state index < -0.39 is 23.3 Å². The van der Waals surface area contributed by atoms with Crippen molar-refractivity contribution in [3.8, 4) is 16.3 Å². The van der Waals surface area contributed by atoms with Gasteiger partial charge in [0, 0.05) is 64.5 Å². The largest absolute Gasteiger partial charge is 0.478 e. The molecule has 0 aliphatic carbocycles. The van der Waals surface area contributed by atoms with Crippen LogP contribution in [0.4, 0.5) is 18.9 Å². The van der Waals surface area contributed by atoms with E-state index in [-0.39, 0.29) is 0 Å². The van der Waals surface area contributed by atoms with Gasteiger partial charge in [0.2, 0.25) is 0 Å². The molecule has 0 radical (unpaired) electrons. The molecular weight excluding hydrogens is 631 g/mol. The molecule has 0 spiro atoms. The van der Waals surface area contributed by atoms with Gasteiger partial charge < -0.3 is 14.7 Å². The number of carbonyl (C=O) groups is 1. The summed E-state index contributed by atoms with van der Waals surface area (Å²) in [5.41, 5.74) is 0.663. The highest BCUT2D eigenvalue weighted by atomic mass is 35.5. The summed E-state index contributed by atoms with van der Waals surface area (Å²) >= 11 is 9.15. The first-order valence-electron chi connectivity index (χ1n) is 13.9. The first-order valence-corrected chi connectivity index (χ1v) is 16.1. The zero-order valence-electron chi connectivity index (χ0n) is 24.1. The van der Waals surface area contributed by atoms with Gasteiger partial charge in [-0.25, -0.2) is 9.78 Å². The number of thiazole rings is 1. The average Bonchev–Trinajstić information content (AvgIpc) is 3.39. The van der Waals surface area contributed by atoms with Crippen molar-refractivity contribution >= 4 is 46.4 Å². The highest BCUT2D eigenvalue weighted by Gasteiger charge is 2.31. The van der Waals surface area contributed by atoms with Crippen molar-refractivity contribution in [2.45, 2.75) is 42.8 Å². The van der Waals surface area contributed by atoms with Gasteiger partial charge >= 0.3 is 12.1 Å². The lowest BCUT2D eigenvalue weighted by Gasteiger charge is -2.36. The van der Waals surface area contributed by atoms with Crippen LogP contribution in [0.2, 0.25) is 5.02 Å². The van der Waals surface area contributed by atoms with Crippen LogP contribution in [0.25, 0.3) is 10.6 Å². The molecule has 44 heavy (non-hydrogen) atoms. The third-order valence-electron chi connectivity index (χ3n) is 7.26. The number of nitrogens with zero attached hydrogens (tertiary/aromatic N) is 3. The van der Waals surface area contributed by atoms with Crippen LogP contribution in [0, 0.1) is 0 Å². The molecule has 0 bridgehead atoms. The van der Waals surface area contributed by atoms with Crippen LogP contribution in [0.15, 0.2) is 77.7 Å². The molecule has 1 fully saturated rings. The van der Waals surface area contributed by atoms with Gasteiger partial charge in [-0.15, -0.1) is 23.1 Å². The van der Waals surface area contributed by atoms with Gasteiger partial charge in [-0.1, -0.05) is 23.7 Å². The van der Waals surface area contributed by atoms with E-state index in [0.717, 1.165) is 59.5 Å². The van der Waals surface area contributed by atoms with E-state index in [1.165, 1.54) is 37.3 Å². The van der Waals surface area contributed by atoms with Crippen LogP contribution in [-0.2, 0) is 23.3 Å². The van der Waals surface area contributed by atoms with E-state index in [4.69, 9.17) is 21.3 Å². The standard InChI is InChI=1S/C32H31ClF3N3O3S2/c1-31(2,30(40)41)42-25-11-13-26(14-12-25)43-20-28-27(37-29(44-28)21-3-5-22(6-4-21)32(34,35)36)19-38-15-17-39(18-16-38)24-9-7-23(33)8-10-24/h3-14H,15-20H2,1-2H3,(H,40,41). The van der Waals surface area contributed by atoms with Gasteiger partial charge in [-0.3, -0.25) is 4.90 Å². The van der Waals surface area contributed by atoms with Gasteiger partial charge in [-0.05, 0) is 74.5 Å². The molecule has 1 aliphatic heterocycles. The molecule has 0 atom stereocenters. The van der Waals surface area contributed by atoms with Crippen molar-refractivity contribution in [2.75, 3.05) is 31.1 Å². The normalized spacial score (nSPS) is 14.5. The second-order valence-electron chi connectivity index (χ2n) is 10.9. The van der Waals surface area contributed by atoms with E-state index >= 15 is 0 Å². The Hall–Kier alpha value is -3.25. The summed E-state index contributed by atoms with van der Waals surface area (Å²) in [5.74, 6) is 0.0330. The van der Waals surface area contributed by atoms with E-state index in [0.29, 0.717) is 33.6 Å². The lowest BCUT2D eigenvalue weighted by molar-refractivity contribution is -0.152. The Labute approximate surface area is 267 Å². The van der Waals surface area contributed by atoms with E-state index in [1.54, 1.807) is 23.9 Å². The molecule has 1 aliphatic rings. The lowest BCUT2D eigenvalue weighted by Crippen LogP contribution is -2.46. The number of hydrogen-bond donors (Lipinski definition) is 1. The summed E-state index contributed by atoms with van der Waals surface area (Å²) in [4.78, 5) is 23.0. The van der Waals surface area contributed by atoms with Crippen molar-refractivity contribution in [1.29, 1.82) is 0 Å². The van der Waals surface area contributed by atoms with E-state index in [1.807, 2.05) is 36.4 Å². The number of ether oxygens (including phenoxy) is 1. The van der Waals surface area contributed by atoms with Crippen LogP contribution in [0.3, 0.4) is 0 Å². The number of thioether (sulfide) groups is 1. The maximum atomic E-state index is 13.1. The highest BCUT2D eigenvalue weighted by molar-refractivity contribution is 7.98. The van der Waals surface area contributed by atoms with Crippen molar-refractivity contribution < 1.29 is 27.8 Å². The molecule has 0 unspecified atom stereocenters. The monoisotopic (exact) mass is 661 g/mol. The summed E-state index contributed by atoms with van der Waals surface area (Å²) in [7, 11) is 0. The number of piperazine rings is 1. The molecule has 0 saturated carbocycles. The van der Waals surface area contributed by atoms with Gasteiger partial charge in [0.1, 0.15) is 10.8 Å². The molecule has 12 heteroatoms. The van der Waals surface area contributed by atoms with Crippen LogP contribution >= 0.6 is 34.7 Å². The van der Waals surface area contributed by atoms with Crippen LogP contribution < -0.4 is 9.64 Å². The Bertz CT molecular complexity index is 1570. The maximum absolute atomic E-state index is 13.1. The maximum Gasteiger partial charge on any atom is 0.416 e. The Morgan fingerprint density at radius 1 is 0.977 bits per heavy atom. The second-order valence-corrected chi connectivity index (χ2v) is 13.5. The topological polar surface area (TPSA) is 65.9 Å². The van der Waals surface area contributed by atoms with Gasteiger partial charge in [0.15, 0.2) is 5.60 Å². The summed E-state index contributed by atoms with van der Waals surface area (Å²) in [6.45, 7) is 7.03. The summed E-state index contributed by atoms with van der Waals surface area (Å²) in [6.07, 6.45) is -4.40. The fourth-order valence-corrected chi connectivity index (χ4v) is 6.87. The molecule has 3 aromatic carbocycles. The lowest BCUT2D eigenvalue weighted by atomic mass is 10.1. The molecule has 1 aromatic heterocycles. The number of aromatic nitrogens is 1. The van der Waals surface area contributed by atoms with Crippen LogP contribution in [-0.4, -0.2) is 52.7 Å². The Balaban J connectivity index is 1.30. The summed E-state index contributed by atoms with van der Waals surface area (Å²) in [6, 6.07) is 20.2. The average molecular weight is 662 g/mol. The molecule has 1 saturated heterocycles. The van der Waals surface area contributed by atoms with E-state index in [9.17, 15) is 23.1 Å². The Morgan fingerprint density at radius 3 is 2.20 bits per heavy atom. The number of anilines is 1. The predicted molar refractivity (Wildman–Crippen MR) is 170 cm³/mol. The molecule has 1 N–H and O–H groups in total. The first-order chi connectivity index (χ1) is 20.9. The molecule has 6 nitrogen and oxygen atoms in total. The van der Waals surface area contributed by atoms with E-state index in [2.05, 4.69) is 9.80 Å². The van der Waals surface area contributed by atoms with Crippen LogP contribution in [0.1, 0.15) is 30.0 Å². The van der Waals surface area contributed by atoms with Crippen molar-refractivity contribution in [3.05, 3.63) is 94.0 Å². The minimum absolute atomic E-state index is 0.461. The molecule has 0 amide bonds. The number of carboxylic acid groups (broad SMARTS) is 1. The Kier molecular flexibility index (Phi) is 9.79. The number of hydrogen-bond acceptors (Lipinski definition) is 7. The number of rotatable bonds is 10. The number of halogens is 4. The third-order valence-corrected chi connectivity index (χ3v) is 9.88. The number of alkyl halides is 3. The number of benzene rings is 3. The fraction of sp³-hybridized carbons (Fsp3) is 0.312. The number of carboxylic acids is 1. The third kappa shape index (κ3) is 8.06. The van der Waals surface area contributed by atoms with Gasteiger partial charge in [-0.2, -0.15) is 13.2 Å². The zero-order chi connectivity index (χ0) is 31.5. The number of aliphatic carboxylic acids is 1. The summed E-state index contributed by atoms with van der Waals surface area (Å²) < 4.78 is 45.0. The molecule has 232 valence electrons. The fourth-order valence-electron chi connectivity index (χ4n) is 4.66. The first kappa shape index (κ1) is 32.2. The molecule has 4 aromatic rings. The zero-order valence-corrected chi connectivity index (χ0v) is 26.5. The van der Waals surface area contributed by atoms with Crippen LogP contribution in [0.5, 0.6) is 5.75 Å². The minimum Gasteiger partial charge on any atom is -0.478 e. The van der Waals surface area contributed by atoms with Crippen molar-refractivity contribution in [1.82, 2.24) is 9.88 Å². The second kappa shape index (κ2) is 13.4. The molecule has 5 rings (SSSR count). The van der Waals surface area contributed by atoms with Crippen molar-refractivity contribution in [3.63, 3.8) is 0 Å². The summed E-state index contributed by atoms with van der Waals surface area (Å²) in [5, 5.41) is 10.7.